The first kappa shape index (κ1) is 18.5. The molecule has 8 heteroatoms. The van der Waals surface area contributed by atoms with Crippen LogP contribution >= 0.6 is 22.7 Å². The predicted octanol–water partition coefficient (Wildman–Crippen LogP) is 3.38. The number of likely N-dealkylation sites (N-methyl/N-ethyl adjacent to an activating group) is 1. The summed E-state index contributed by atoms with van der Waals surface area (Å²) in [6.45, 7) is 6.65. The molecule has 3 aromatic heterocycles. The van der Waals surface area contributed by atoms with Crippen molar-refractivity contribution in [1.29, 1.82) is 0 Å². The van der Waals surface area contributed by atoms with Crippen molar-refractivity contribution in [2.45, 2.75) is 6.42 Å². The van der Waals surface area contributed by atoms with Crippen LogP contribution in [0.15, 0.2) is 35.3 Å². The summed E-state index contributed by atoms with van der Waals surface area (Å²) in [5.74, 6) is 0.680. The van der Waals surface area contributed by atoms with Gasteiger partial charge < -0.3 is 15.1 Å². The molecule has 0 amide bonds. The molecule has 1 saturated heterocycles. The molecule has 1 aliphatic rings. The van der Waals surface area contributed by atoms with Crippen molar-refractivity contribution in [1.82, 2.24) is 24.8 Å². The Morgan fingerprint density at radius 1 is 1.11 bits per heavy atom. The van der Waals surface area contributed by atoms with Crippen LogP contribution in [0.25, 0.3) is 21.1 Å². The third-order valence-electron chi connectivity index (χ3n) is 4.74. The van der Waals surface area contributed by atoms with Gasteiger partial charge in [0, 0.05) is 60.9 Å². The lowest BCUT2D eigenvalue weighted by Crippen LogP contribution is -2.44. The first-order chi connectivity index (χ1) is 13.3. The molecule has 0 bridgehead atoms. The number of nitrogens with one attached hydrogen (secondary N) is 1. The lowest BCUT2D eigenvalue weighted by Gasteiger charge is -2.32. The van der Waals surface area contributed by atoms with Gasteiger partial charge in [0.05, 0.1) is 0 Å². The van der Waals surface area contributed by atoms with Crippen molar-refractivity contribution in [2.75, 3.05) is 51.6 Å². The van der Waals surface area contributed by atoms with E-state index in [0.29, 0.717) is 5.95 Å². The molecule has 0 radical (unpaired) electrons. The summed E-state index contributed by atoms with van der Waals surface area (Å²) in [4.78, 5) is 19.9. The molecule has 1 aliphatic heterocycles. The second-order valence-electron chi connectivity index (χ2n) is 6.70. The molecule has 0 saturated carbocycles. The largest absolute Gasteiger partial charge is 0.354 e. The maximum absolute atomic E-state index is 4.78. The van der Waals surface area contributed by atoms with E-state index < -0.39 is 0 Å². The minimum Gasteiger partial charge on any atom is -0.354 e. The Balaban J connectivity index is 1.39. The Morgan fingerprint density at radius 2 is 2.00 bits per heavy atom. The molecule has 4 rings (SSSR count). The highest BCUT2D eigenvalue weighted by atomic mass is 32.1. The third kappa shape index (κ3) is 4.70. The van der Waals surface area contributed by atoms with Gasteiger partial charge in [0.1, 0.15) is 10.7 Å². The van der Waals surface area contributed by atoms with Gasteiger partial charge in [-0.1, -0.05) is 6.07 Å². The number of piperazine rings is 1. The molecule has 0 aromatic carbocycles. The van der Waals surface area contributed by atoms with Gasteiger partial charge in [-0.25, -0.2) is 15.0 Å². The van der Waals surface area contributed by atoms with Crippen LogP contribution in [-0.2, 0) is 0 Å². The van der Waals surface area contributed by atoms with E-state index in [0.717, 1.165) is 62.0 Å². The fourth-order valence-electron chi connectivity index (χ4n) is 3.16. The van der Waals surface area contributed by atoms with Crippen LogP contribution in [0.2, 0.25) is 0 Å². The van der Waals surface area contributed by atoms with Gasteiger partial charge >= 0.3 is 0 Å². The summed E-state index contributed by atoms with van der Waals surface area (Å²) in [6, 6.07) is 4.15. The first-order valence-electron chi connectivity index (χ1n) is 9.25. The predicted molar refractivity (Wildman–Crippen MR) is 113 cm³/mol. The number of thiophene rings is 1. The average molecular weight is 401 g/mol. The molecule has 27 heavy (non-hydrogen) atoms. The number of nitrogens with zero attached hydrogens (tertiary/aromatic N) is 5. The number of hydrogen-bond acceptors (Lipinski definition) is 8. The van der Waals surface area contributed by atoms with E-state index in [1.807, 2.05) is 17.8 Å². The second-order valence-corrected chi connectivity index (χ2v) is 8.54. The standard InChI is InChI=1S/C19H24N6S2/c1-24-8-10-25(11-9-24)7-3-5-21-19-22-14-15(16-4-2-12-26-16)17(23-19)18-20-6-13-27-18/h2,4,6,12-14H,3,5,7-11H2,1H3,(H,21,22,23). The molecule has 1 N–H and O–H groups in total. The smallest absolute Gasteiger partial charge is 0.223 e. The lowest BCUT2D eigenvalue weighted by atomic mass is 10.2. The van der Waals surface area contributed by atoms with E-state index in [9.17, 15) is 0 Å². The highest BCUT2D eigenvalue weighted by Crippen LogP contribution is 2.34. The minimum absolute atomic E-state index is 0.680. The van der Waals surface area contributed by atoms with E-state index >= 15 is 0 Å². The van der Waals surface area contributed by atoms with Crippen LogP contribution in [0.4, 0.5) is 5.95 Å². The summed E-state index contributed by atoms with van der Waals surface area (Å²) in [5, 5.41) is 8.38. The van der Waals surface area contributed by atoms with Crippen molar-refractivity contribution in [3.8, 4) is 21.1 Å². The number of thiazole rings is 1. The topological polar surface area (TPSA) is 57.2 Å². The van der Waals surface area contributed by atoms with Gasteiger partial charge in [0.2, 0.25) is 5.95 Å². The quantitative estimate of drug-likeness (QED) is 0.614. The molecule has 0 unspecified atom stereocenters. The van der Waals surface area contributed by atoms with Crippen molar-refractivity contribution in [3.05, 3.63) is 35.3 Å². The van der Waals surface area contributed by atoms with Crippen LogP contribution < -0.4 is 5.32 Å². The zero-order valence-electron chi connectivity index (χ0n) is 15.5. The maximum Gasteiger partial charge on any atom is 0.223 e. The van der Waals surface area contributed by atoms with Gasteiger partial charge in [-0.05, 0) is 31.5 Å². The monoisotopic (exact) mass is 400 g/mol. The summed E-state index contributed by atoms with van der Waals surface area (Å²) < 4.78 is 0. The zero-order chi connectivity index (χ0) is 18.5. The number of aromatic nitrogens is 3. The molecule has 6 nitrogen and oxygen atoms in total. The summed E-state index contributed by atoms with van der Waals surface area (Å²) >= 11 is 3.31. The van der Waals surface area contributed by atoms with Gasteiger partial charge in [0.15, 0.2) is 0 Å². The Bertz CT molecular complexity index is 826. The molecule has 1 fully saturated rings. The molecular formula is C19H24N6S2. The summed E-state index contributed by atoms with van der Waals surface area (Å²) in [5.41, 5.74) is 1.95. The van der Waals surface area contributed by atoms with Crippen molar-refractivity contribution in [2.24, 2.45) is 0 Å². The molecule has 4 heterocycles. The molecular weight excluding hydrogens is 376 g/mol. The van der Waals surface area contributed by atoms with E-state index in [-0.39, 0.29) is 0 Å². The second kappa shape index (κ2) is 8.88. The van der Waals surface area contributed by atoms with Gasteiger partial charge in [-0.15, -0.1) is 22.7 Å². The zero-order valence-corrected chi connectivity index (χ0v) is 17.1. The van der Waals surface area contributed by atoms with Crippen LogP contribution in [0.5, 0.6) is 0 Å². The van der Waals surface area contributed by atoms with Gasteiger partial charge in [-0.3, -0.25) is 0 Å². The van der Waals surface area contributed by atoms with Crippen molar-refractivity contribution in [3.63, 3.8) is 0 Å². The Kier molecular flexibility index (Phi) is 6.08. The van der Waals surface area contributed by atoms with E-state index in [2.05, 4.69) is 49.6 Å². The Labute approximate surface area is 167 Å². The molecule has 0 spiro atoms. The number of rotatable bonds is 7. The van der Waals surface area contributed by atoms with Crippen LogP contribution in [0.3, 0.4) is 0 Å². The van der Waals surface area contributed by atoms with Crippen molar-refractivity contribution < 1.29 is 0 Å². The highest BCUT2D eigenvalue weighted by Gasteiger charge is 2.15. The van der Waals surface area contributed by atoms with E-state index in [1.54, 1.807) is 22.7 Å². The van der Waals surface area contributed by atoms with Crippen molar-refractivity contribution >= 4 is 28.6 Å². The van der Waals surface area contributed by atoms with Gasteiger partial charge in [0.25, 0.3) is 0 Å². The Morgan fingerprint density at radius 3 is 2.74 bits per heavy atom. The highest BCUT2D eigenvalue weighted by molar-refractivity contribution is 7.14. The summed E-state index contributed by atoms with van der Waals surface area (Å²) in [6.07, 6.45) is 4.83. The van der Waals surface area contributed by atoms with Crippen LogP contribution in [-0.4, -0.2) is 71.1 Å². The third-order valence-corrected chi connectivity index (χ3v) is 6.42. The molecule has 0 atom stereocenters. The first-order valence-corrected chi connectivity index (χ1v) is 11.0. The Hall–Kier alpha value is -1.87. The lowest BCUT2D eigenvalue weighted by molar-refractivity contribution is 0.154. The fourth-order valence-corrected chi connectivity index (χ4v) is 4.53. The number of hydrogen-bond donors (Lipinski definition) is 1. The SMILES string of the molecule is CN1CCN(CCCNc2ncc(-c3cccs3)c(-c3nccs3)n2)CC1. The minimum atomic E-state index is 0.680. The molecule has 0 aliphatic carbocycles. The number of anilines is 1. The van der Waals surface area contributed by atoms with E-state index in [4.69, 9.17) is 4.98 Å². The average Bonchev–Trinajstić information content (AvgIpc) is 3.40. The molecule has 142 valence electrons. The normalized spacial score (nSPS) is 15.9. The molecule has 3 aromatic rings. The van der Waals surface area contributed by atoms with Crippen LogP contribution in [0, 0.1) is 0 Å². The van der Waals surface area contributed by atoms with Gasteiger partial charge in [-0.2, -0.15) is 0 Å². The fraction of sp³-hybridized carbons (Fsp3) is 0.421. The summed E-state index contributed by atoms with van der Waals surface area (Å²) in [7, 11) is 2.19. The van der Waals surface area contributed by atoms with E-state index in [1.165, 1.54) is 4.88 Å². The van der Waals surface area contributed by atoms with Crippen LogP contribution in [0.1, 0.15) is 6.42 Å². The maximum atomic E-state index is 4.78.